The molecule has 0 radical (unpaired) electrons. The maximum absolute atomic E-state index is 13.7. The third-order valence-electron chi connectivity index (χ3n) is 4.86. The van der Waals surface area contributed by atoms with E-state index in [1.54, 1.807) is 16.7 Å². The number of carbonyl (C=O) groups is 2. The molecule has 2 aromatic carbocycles. The first-order chi connectivity index (χ1) is 14.8. The van der Waals surface area contributed by atoms with Gasteiger partial charge in [-0.1, -0.05) is 19.9 Å². The van der Waals surface area contributed by atoms with E-state index in [0.717, 1.165) is 12.1 Å². The molecule has 0 aliphatic carbocycles. The normalized spacial score (nSPS) is 12.2. The molecule has 0 saturated carbocycles. The van der Waals surface area contributed by atoms with Crippen LogP contribution in [0.25, 0.3) is 11.0 Å². The number of phenolic OH excluding ortho intramolecular Hbond substituents is 1. The maximum atomic E-state index is 13.7. The lowest BCUT2D eigenvalue weighted by Crippen LogP contribution is -2.37. The SMILES string of the molecule is CC(C)C(C(=O)NCCCNC(=O)c1cccc(O)c1)n1cnc2cc(F)c(F)cc21. The zero-order valence-corrected chi connectivity index (χ0v) is 17.2. The van der Waals surface area contributed by atoms with E-state index in [2.05, 4.69) is 15.6 Å². The molecule has 31 heavy (non-hydrogen) atoms. The first kappa shape index (κ1) is 22.2. The van der Waals surface area contributed by atoms with Crippen molar-refractivity contribution in [3.8, 4) is 5.75 Å². The maximum Gasteiger partial charge on any atom is 0.251 e. The summed E-state index contributed by atoms with van der Waals surface area (Å²) in [5, 5.41) is 15.0. The first-order valence-corrected chi connectivity index (χ1v) is 9.94. The van der Waals surface area contributed by atoms with Crippen LogP contribution >= 0.6 is 0 Å². The minimum Gasteiger partial charge on any atom is -0.508 e. The molecule has 1 heterocycles. The predicted molar refractivity (Wildman–Crippen MR) is 112 cm³/mol. The highest BCUT2D eigenvalue weighted by Gasteiger charge is 2.26. The molecule has 2 amide bonds. The third-order valence-corrected chi connectivity index (χ3v) is 4.86. The average molecular weight is 430 g/mol. The van der Waals surface area contributed by atoms with Crippen molar-refractivity contribution in [2.45, 2.75) is 26.3 Å². The Morgan fingerprint density at radius 2 is 1.81 bits per heavy atom. The number of rotatable bonds is 8. The van der Waals surface area contributed by atoms with Crippen molar-refractivity contribution >= 4 is 22.8 Å². The molecule has 3 N–H and O–H groups in total. The quantitative estimate of drug-likeness (QED) is 0.479. The molecule has 0 spiro atoms. The predicted octanol–water partition coefficient (Wildman–Crippen LogP) is 3.15. The molecule has 0 bridgehead atoms. The van der Waals surface area contributed by atoms with E-state index >= 15 is 0 Å². The number of imidazole rings is 1. The highest BCUT2D eigenvalue weighted by Crippen LogP contribution is 2.25. The standard InChI is InChI=1S/C22H24F2N4O3/c1-13(2)20(28-12-27-18-10-16(23)17(24)11-19(18)28)22(31)26-8-4-7-25-21(30)14-5-3-6-15(29)9-14/h3,5-6,9-13,20,29H,4,7-8H2,1-2H3,(H,25,30)(H,26,31). The minimum absolute atomic E-state index is 0.00860. The van der Waals surface area contributed by atoms with Gasteiger partial charge in [-0.25, -0.2) is 13.8 Å². The van der Waals surface area contributed by atoms with E-state index in [9.17, 15) is 23.5 Å². The topological polar surface area (TPSA) is 96.3 Å². The number of halogens is 2. The van der Waals surface area contributed by atoms with Gasteiger partial charge in [-0.05, 0) is 30.5 Å². The summed E-state index contributed by atoms with van der Waals surface area (Å²) in [6.07, 6.45) is 1.90. The van der Waals surface area contributed by atoms with Gasteiger partial charge in [0.05, 0.1) is 17.4 Å². The van der Waals surface area contributed by atoms with Crippen molar-refractivity contribution in [1.82, 2.24) is 20.2 Å². The molecule has 1 unspecified atom stereocenters. The molecule has 9 heteroatoms. The van der Waals surface area contributed by atoms with Gasteiger partial charge >= 0.3 is 0 Å². The summed E-state index contributed by atoms with van der Waals surface area (Å²) in [6.45, 7) is 4.36. The Morgan fingerprint density at radius 3 is 2.52 bits per heavy atom. The van der Waals surface area contributed by atoms with Crippen molar-refractivity contribution in [2.75, 3.05) is 13.1 Å². The number of hydrogen-bond acceptors (Lipinski definition) is 4. The van der Waals surface area contributed by atoms with E-state index in [4.69, 9.17) is 0 Å². The summed E-state index contributed by atoms with van der Waals surface area (Å²) in [5.41, 5.74) is 0.956. The molecule has 3 rings (SSSR count). The Bertz CT molecular complexity index is 1100. The van der Waals surface area contributed by atoms with Crippen LogP contribution in [0.3, 0.4) is 0 Å². The van der Waals surface area contributed by atoms with Crippen LogP contribution in [-0.2, 0) is 4.79 Å². The van der Waals surface area contributed by atoms with Crippen molar-refractivity contribution in [1.29, 1.82) is 0 Å². The van der Waals surface area contributed by atoms with Crippen molar-refractivity contribution in [2.24, 2.45) is 5.92 Å². The molecule has 3 aromatic rings. The van der Waals surface area contributed by atoms with Gasteiger partial charge in [0.25, 0.3) is 5.91 Å². The van der Waals surface area contributed by atoms with Gasteiger partial charge < -0.3 is 20.3 Å². The lowest BCUT2D eigenvalue weighted by molar-refractivity contribution is -0.125. The van der Waals surface area contributed by atoms with E-state index < -0.39 is 17.7 Å². The number of benzene rings is 2. The van der Waals surface area contributed by atoms with Gasteiger partial charge in [-0.15, -0.1) is 0 Å². The summed E-state index contributed by atoms with van der Waals surface area (Å²) in [6, 6.07) is 7.41. The van der Waals surface area contributed by atoms with Gasteiger partial charge in [0.1, 0.15) is 11.8 Å². The third kappa shape index (κ3) is 5.17. The van der Waals surface area contributed by atoms with Crippen LogP contribution in [0.15, 0.2) is 42.7 Å². The molecule has 164 valence electrons. The molecule has 0 saturated heterocycles. The lowest BCUT2D eigenvalue weighted by Gasteiger charge is -2.22. The fourth-order valence-electron chi connectivity index (χ4n) is 3.35. The Balaban J connectivity index is 1.57. The van der Waals surface area contributed by atoms with Crippen LogP contribution in [0.2, 0.25) is 0 Å². The summed E-state index contributed by atoms with van der Waals surface area (Å²) in [4.78, 5) is 28.9. The van der Waals surface area contributed by atoms with E-state index in [1.807, 2.05) is 13.8 Å². The second kappa shape index (κ2) is 9.55. The summed E-state index contributed by atoms with van der Waals surface area (Å²) in [5.74, 6) is -2.71. The van der Waals surface area contributed by atoms with Crippen molar-refractivity contribution < 1.29 is 23.5 Å². The summed E-state index contributed by atoms with van der Waals surface area (Å²) in [7, 11) is 0. The molecule has 1 aromatic heterocycles. The van der Waals surface area contributed by atoms with E-state index in [0.29, 0.717) is 30.6 Å². The van der Waals surface area contributed by atoms with E-state index in [-0.39, 0.29) is 29.0 Å². The first-order valence-electron chi connectivity index (χ1n) is 9.94. The van der Waals surface area contributed by atoms with Crippen LogP contribution in [0.4, 0.5) is 8.78 Å². The minimum atomic E-state index is -1.00. The highest BCUT2D eigenvalue weighted by molar-refractivity contribution is 5.94. The molecule has 0 aliphatic rings. The van der Waals surface area contributed by atoms with E-state index in [1.165, 1.54) is 18.5 Å². The van der Waals surface area contributed by atoms with Crippen LogP contribution < -0.4 is 10.6 Å². The number of nitrogens with zero attached hydrogens (tertiary/aromatic N) is 2. The molecule has 1 atom stereocenters. The number of fused-ring (bicyclic) bond motifs is 1. The number of aromatic hydroxyl groups is 1. The molecule has 0 aliphatic heterocycles. The van der Waals surface area contributed by atoms with Crippen LogP contribution in [0.1, 0.15) is 36.7 Å². The van der Waals surface area contributed by atoms with Crippen LogP contribution in [-0.4, -0.2) is 39.6 Å². The van der Waals surface area contributed by atoms with Gasteiger partial charge in [0, 0.05) is 30.8 Å². The zero-order chi connectivity index (χ0) is 22.5. The molecule has 7 nitrogen and oxygen atoms in total. The molecule has 0 fully saturated rings. The van der Waals surface area contributed by atoms with Crippen LogP contribution in [0.5, 0.6) is 5.75 Å². The fourth-order valence-corrected chi connectivity index (χ4v) is 3.35. The Kier molecular flexibility index (Phi) is 6.84. The lowest BCUT2D eigenvalue weighted by atomic mass is 10.0. The fraction of sp³-hybridized carbons (Fsp3) is 0.318. The monoisotopic (exact) mass is 430 g/mol. The number of phenols is 1. The van der Waals surface area contributed by atoms with Crippen LogP contribution in [0, 0.1) is 17.6 Å². The summed E-state index contributed by atoms with van der Waals surface area (Å²) < 4.78 is 28.7. The van der Waals surface area contributed by atoms with Gasteiger partial charge in [0.15, 0.2) is 11.6 Å². The molecular formula is C22H24F2N4O3. The summed E-state index contributed by atoms with van der Waals surface area (Å²) >= 11 is 0. The van der Waals surface area contributed by atoms with Crippen molar-refractivity contribution in [3.05, 3.63) is 59.9 Å². The average Bonchev–Trinajstić information content (AvgIpc) is 3.10. The molecular weight excluding hydrogens is 406 g/mol. The second-order valence-corrected chi connectivity index (χ2v) is 7.55. The number of carbonyl (C=O) groups excluding carboxylic acids is 2. The number of amides is 2. The second-order valence-electron chi connectivity index (χ2n) is 7.55. The van der Waals surface area contributed by atoms with Gasteiger partial charge in [-0.2, -0.15) is 0 Å². The Hall–Kier alpha value is -3.49. The largest absolute Gasteiger partial charge is 0.508 e. The Labute approximate surface area is 178 Å². The zero-order valence-electron chi connectivity index (χ0n) is 17.2. The Morgan fingerprint density at radius 1 is 1.10 bits per heavy atom. The highest BCUT2D eigenvalue weighted by atomic mass is 19.2. The van der Waals surface area contributed by atoms with Crippen molar-refractivity contribution in [3.63, 3.8) is 0 Å². The number of nitrogens with one attached hydrogen (secondary N) is 2. The number of hydrogen-bond donors (Lipinski definition) is 3. The number of aromatic nitrogens is 2. The van der Waals surface area contributed by atoms with Gasteiger partial charge in [0.2, 0.25) is 5.91 Å². The smallest absolute Gasteiger partial charge is 0.251 e. The van der Waals surface area contributed by atoms with Gasteiger partial charge in [-0.3, -0.25) is 9.59 Å².